The number of carboxylic acid groups (broad SMARTS) is 1. The molecule has 2 rings (SSSR count). The van der Waals surface area contributed by atoms with Crippen LogP contribution in [0.25, 0.3) is 11.1 Å². The molecule has 0 radical (unpaired) electrons. The molecule has 0 aliphatic heterocycles. The molecule has 2 aromatic rings. The van der Waals surface area contributed by atoms with E-state index < -0.39 is 12.0 Å². The SMILES string of the molecule is COc1cccc(-c2cc([C@@H](N)CC(=O)O)ccc2OC)c1. The van der Waals surface area contributed by atoms with Crippen molar-refractivity contribution in [2.75, 3.05) is 14.2 Å². The predicted octanol–water partition coefficient (Wildman–Crippen LogP) is 2.85. The number of rotatable bonds is 6. The minimum absolute atomic E-state index is 0.121. The highest BCUT2D eigenvalue weighted by atomic mass is 16.5. The highest BCUT2D eigenvalue weighted by Gasteiger charge is 2.14. The molecule has 0 aliphatic rings. The summed E-state index contributed by atoms with van der Waals surface area (Å²) in [6.07, 6.45) is -0.121. The molecule has 0 spiro atoms. The molecule has 0 saturated carbocycles. The summed E-state index contributed by atoms with van der Waals surface area (Å²) in [6.45, 7) is 0. The summed E-state index contributed by atoms with van der Waals surface area (Å²) in [5, 5.41) is 8.88. The lowest BCUT2D eigenvalue weighted by molar-refractivity contribution is -0.137. The number of hydrogen-bond acceptors (Lipinski definition) is 4. The maximum absolute atomic E-state index is 10.8. The monoisotopic (exact) mass is 301 g/mol. The number of methoxy groups -OCH3 is 2. The van der Waals surface area contributed by atoms with Gasteiger partial charge in [0.15, 0.2) is 0 Å². The van der Waals surface area contributed by atoms with Crippen molar-refractivity contribution in [3.8, 4) is 22.6 Å². The molecular weight excluding hydrogens is 282 g/mol. The number of hydrogen-bond donors (Lipinski definition) is 2. The molecule has 0 fully saturated rings. The van der Waals surface area contributed by atoms with Crippen LogP contribution in [-0.4, -0.2) is 25.3 Å². The standard InChI is InChI=1S/C17H19NO4/c1-21-13-5-3-4-11(8-13)14-9-12(6-7-16(14)22-2)15(18)10-17(19)20/h3-9,15H,10,18H2,1-2H3,(H,19,20)/t15-/m0/s1. The number of carboxylic acids is 1. The third-order valence-electron chi connectivity index (χ3n) is 3.43. The van der Waals surface area contributed by atoms with E-state index in [1.54, 1.807) is 26.4 Å². The zero-order valence-electron chi connectivity index (χ0n) is 12.6. The summed E-state index contributed by atoms with van der Waals surface area (Å²) >= 11 is 0. The van der Waals surface area contributed by atoms with Gasteiger partial charge in [0.25, 0.3) is 0 Å². The fraction of sp³-hybridized carbons (Fsp3) is 0.235. The first kappa shape index (κ1) is 15.9. The van der Waals surface area contributed by atoms with Crippen molar-refractivity contribution in [1.82, 2.24) is 0 Å². The van der Waals surface area contributed by atoms with Gasteiger partial charge in [0, 0.05) is 11.6 Å². The Balaban J connectivity index is 2.45. The van der Waals surface area contributed by atoms with E-state index in [2.05, 4.69) is 0 Å². The van der Waals surface area contributed by atoms with Gasteiger partial charge in [-0.15, -0.1) is 0 Å². The van der Waals surface area contributed by atoms with Gasteiger partial charge in [-0.3, -0.25) is 4.79 Å². The number of nitrogens with two attached hydrogens (primary N) is 1. The summed E-state index contributed by atoms with van der Waals surface area (Å²) in [7, 11) is 3.20. The minimum atomic E-state index is -0.925. The summed E-state index contributed by atoms with van der Waals surface area (Å²) in [5.74, 6) is 0.505. The molecule has 22 heavy (non-hydrogen) atoms. The average Bonchev–Trinajstić information content (AvgIpc) is 2.53. The molecule has 0 saturated heterocycles. The highest BCUT2D eigenvalue weighted by molar-refractivity contribution is 5.73. The summed E-state index contributed by atoms with van der Waals surface area (Å²) in [4.78, 5) is 10.8. The third-order valence-corrected chi connectivity index (χ3v) is 3.43. The third kappa shape index (κ3) is 3.56. The number of ether oxygens (including phenoxy) is 2. The highest BCUT2D eigenvalue weighted by Crippen LogP contribution is 2.34. The Labute approximate surface area is 129 Å². The Morgan fingerprint density at radius 2 is 1.95 bits per heavy atom. The lowest BCUT2D eigenvalue weighted by Gasteiger charge is -2.15. The smallest absolute Gasteiger partial charge is 0.305 e. The second-order valence-electron chi connectivity index (χ2n) is 4.90. The molecular formula is C17H19NO4. The lowest BCUT2D eigenvalue weighted by Crippen LogP contribution is -2.15. The van der Waals surface area contributed by atoms with Crippen LogP contribution >= 0.6 is 0 Å². The molecule has 2 aromatic carbocycles. The zero-order valence-corrected chi connectivity index (χ0v) is 12.6. The maximum Gasteiger partial charge on any atom is 0.305 e. The van der Waals surface area contributed by atoms with E-state index in [1.807, 2.05) is 30.3 Å². The van der Waals surface area contributed by atoms with Crippen molar-refractivity contribution in [1.29, 1.82) is 0 Å². The molecule has 0 bridgehead atoms. The topological polar surface area (TPSA) is 81.8 Å². The molecule has 0 heterocycles. The zero-order chi connectivity index (χ0) is 16.1. The fourth-order valence-corrected chi connectivity index (χ4v) is 2.28. The molecule has 0 unspecified atom stereocenters. The van der Waals surface area contributed by atoms with Gasteiger partial charge in [-0.2, -0.15) is 0 Å². The van der Waals surface area contributed by atoms with Gasteiger partial charge in [-0.05, 0) is 35.4 Å². The van der Waals surface area contributed by atoms with Crippen LogP contribution in [0.3, 0.4) is 0 Å². The Bertz CT molecular complexity index is 669. The second-order valence-corrected chi connectivity index (χ2v) is 4.90. The first-order valence-corrected chi connectivity index (χ1v) is 6.85. The van der Waals surface area contributed by atoms with Gasteiger partial charge in [0.05, 0.1) is 20.6 Å². The van der Waals surface area contributed by atoms with E-state index in [1.165, 1.54) is 0 Å². The Kier molecular flexibility index (Phi) is 5.01. The molecule has 0 aliphatic carbocycles. The summed E-state index contributed by atoms with van der Waals surface area (Å²) < 4.78 is 10.6. The van der Waals surface area contributed by atoms with Gasteiger partial charge < -0.3 is 20.3 Å². The van der Waals surface area contributed by atoms with Crippen molar-refractivity contribution in [2.24, 2.45) is 5.73 Å². The minimum Gasteiger partial charge on any atom is -0.497 e. The second kappa shape index (κ2) is 6.95. The van der Waals surface area contributed by atoms with Crippen LogP contribution in [0.15, 0.2) is 42.5 Å². The first-order chi connectivity index (χ1) is 10.5. The molecule has 0 aromatic heterocycles. The van der Waals surface area contributed by atoms with Crippen LogP contribution in [0.5, 0.6) is 11.5 Å². The molecule has 5 heteroatoms. The van der Waals surface area contributed by atoms with Crippen LogP contribution in [0.4, 0.5) is 0 Å². The predicted molar refractivity (Wildman–Crippen MR) is 84.2 cm³/mol. The van der Waals surface area contributed by atoms with Crippen LogP contribution < -0.4 is 15.2 Å². The van der Waals surface area contributed by atoms with Crippen molar-refractivity contribution < 1.29 is 19.4 Å². The molecule has 5 nitrogen and oxygen atoms in total. The van der Waals surface area contributed by atoms with E-state index in [-0.39, 0.29) is 6.42 Å². The van der Waals surface area contributed by atoms with Crippen molar-refractivity contribution >= 4 is 5.97 Å². The van der Waals surface area contributed by atoms with Crippen LogP contribution in [-0.2, 0) is 4.79 Å². The van der Waals surface area contributed by atoms with Crippen molar-refractivity contribution in [3.63, 3.8) is 0 Å². The molecule has 1 atom stereocenters. The first-order valence-electron chi connectivity index (χ1n) is 6.85. The molecule has 3 N–H and O–H groups in total. The van der Waals surface area contributed by atoms with Crippen LogP contribution in [0, 0.1) is 0 Å². The Hall–Kier alpha value is -2.53. The van der Waals surface area contributed by atoms with E-state index in [9.17, 15) is 4.79 Å². The van der Waals surface area contributed by atoms with Gasteiger partial charge in [0.2, 0.25) is 0 Å². The number of carbonyl (C=O) groups is 1. The van der Waals surface area contributed by atoms with Crippen molar-refractivity contribution in [3.05, 3.63) is 48.0 Å². The van der Waals surface area contributed by atoms with E-state index in [0.717, 1.165) is 22.4 Å². The molecule has 116 valence electrons. The fourth-order valence-electron chi connectivity index (χ4n) is 2.28. The normalized spacial score (nSPS) is 11.8. The van der Waals surface area contributed by atoms with E-state index in [0.29, 0.717) is 5.75 Å². The maximum atomic E-state index is 10.8. The number of aliphatic carboxylic acids is 1. The summed E-state index contributed by atoms with van der Waals surface area (Å²) in [6, 6.07) is 12.5. The van der Waals surface area contributed by atoms with E-state index in [4.69, 9.17) is 20.3 Å². The van der Waals surface area contributed by atoms with Crippen molar-refractivity contribution in [2.45, 2.75) is 12.5 Å². The van der Waals surface area contributed by atoms with Crippen LogP contribution in [0.2, 0.25) is 0 Å². The number of benzene rings is 2. The molecule has 0 amide bonds. The van der Waals surface area contributed by atoms with Gasteiger partial charge in [0.1, 0.15) is 11.5 Å². The quantitative estimate of drug-likeness (QED) is 0.857. The Morgan fingerprint density at radius 1 is 1.18 bits per heavy atom. The van der Waals surface area contributed by atoms with Gasteiger partial charge in [-0.1, -0.05) is 18.2 Å². The Morgan fingerprint density at radius 3 is 2.59 bits per heavy atom. The average molecular weight is 301 g/mol. The van der Waals surface area contributed by atoms with Gasteiger partial charge in [-0.25, -0.2) is 0 Å². The van der Waals surface area contributed by atoms with Crippen LogP contribution in [0.1, 0.15) is 18.0 Å². The largest absolute Gasteiger partial charge is 0.497 e. The van der Waals surface area contributed by atoms with Gasteiger partial charge >= 0.3 is 5.97 Å². The van der Waals surface area contributed by atoms with E-state index >= 15 is 0 Å². The summed E-state index contributed by atoms with van der Waals surface area (Å²) in [5.41, 5.74) is 8.46. The lowest BCUT2D eigenvalue weighted by atomic mass is 9.97.